The molecule has 1 heterocycles. The summed E-state index contributed by atoms with van der Waals surface area (Å²) in [6.45, 7) is 13.9. The van der Waals surface area contributed by atoms with Gasteiger partial charge in [0, 0.05) is 19.1 Å². The van der Waals surface area contributed by atoms with Gasteiger partial charge in [-0.3, -0.25) is 14.4 Å². The molecule has 0 aliphatic carbocycles. The lowest BCUT2D eigenvalue weighted by Crippen LogP contribution is -2.54. The van der Waals surface area contributed by atoms with Gasteiger partial charge in [0.15, 0.2) is 0 Å². The zero-order valence-corrected chi connectivity index (χ0v) is 28.3. The van der Waals surface area contributed by atoms with Crippen LogP contribution < -0.4 is 26.0 Å². The fraction of sp³-hybridized carbons (Fsp3) is 0.571. The molecule has 0 aromatic heterocycles. The summed E-state index contributed by atoms with van der Waals surface area (Å²) in [5.41, 5.74) is 5.36. The number of carbonyl (C=O) groups excluding carboxylic acids is 3. The van der Waals surface area contributed by atoms with E-state index in [1.54, 1.807) is 0 Å². The highest BCUT2D eigenvalue weighted by atomic mass is 16.5. The number of fused-ring (bicyclic) bond motifs is 1. The molecule has 9 nitrogen and oxygen atoms in total. The van der Waals surface area contributed by atoms with Crippen molar-refractivity contribution < 1.29 is 19.1 Å². The molecule has 3 amide bonds. The summed E-state index contributed by atoms with van der Waals surface area (Å²) in [6, 6.07) is 13.8. The number of ether oxygens (including phenoxy) is 1. The van der Waals surface area contributed by atoms with E-state index >= 15 is 0 Å². The first kappa shape index (κ1) is 38.6. The maximum absolute atomic E-state index is 12.6. The van der Waals surface area contributed by atoms with Gasteiger partial charge in [-0.25, -0.2) is 0 Å². The van der Waals surface area contributed by atoms with Gasteiger partial charge in [-0.05, 0) is 76.9 Å². The second-order valence-electron chi connectivity index (χ2n) is 11.6. The van der Waals surface area contributed by atoms with Crippen molar-refractivity contribution in [1.29, 1.82) is 0 Å². The quantitative estimate of drug-likeness (QED) is 0.417. The summed E-state index contributed by atoms with van der Waals surface area (Å²) in [5.74, 6) is -0.144. The molecule has 9 heteroatoms. The van der Waals surface area contributed by atoms with Crippen LogP contribution in [0.25, 0.3) is 0 Å². The van der Waals surface area contributed by atoms with Crippen molar-refractivity contribution in [2.45, 2.75) is 85.7 Å². The van der Waals surface area contributed by atoms with Crippen LogP contribution in [0.5, 0.6) is 5.75 Å². The Labute approximate surface area is 265 Å². The van der Waals surface area contributed by atoms with Crippen LogP contribution in [-0.2, 0) is 27.2 Å². The van der Waals surface area contributed by atoms with Gasteiger partial charge in [-0.1, -0.05) is 75.6 Å². The molecule has 0 fully saturated rings. The number of nitrogens with zero attached hydrogens (tertiary/aromatic N) is 1. The minimum atomic E-state index is -0.697. The average Bonchev–Trinajstić information content (AvgIpc) is 2.97. The monoisotopic (exact) mass is 611 g/mol. The number of carbonyl (C=O) groups is 3. The standard InChI is InChI=1S/C21H33N5O4.C11H16.C3H8/c1-15-14-30-18-9-5-4-7-16(18)8-6-10-22-21(29)17(13-26(2)3)25-20(28)12-24-19(27)11-23-15;1-4-5-11-7-6-9(2)8-10(11)3;1-3-2/h4-5,7,9,15,17,23H,6,8,10-14H2,1-3H3,(H,22,29)(H,24,27)(H,25,28);6-8H,4-5H2,1-3H3;3H2,1-2H3/t15-,17?;;/m0../s1. The summed E-state index contributed by atoms with van der Waals surface area (Å²) in [4.78, 5) is 38.6. The average molecular weight is 612 g/mol. The minimum absolute atomic E-state index is 0.0414. The Kier molecular flexibility index (Phi) is 19.4. The molecule has 0 bridgehead atoms. The van der Waals surface area contributed by atoms with Crippen molar-refractivity contribution in [2.75, 3.05) is 46.9 Å². The van der Waals surface area contributed by atoms with Gasteiger partial charge in [0.2, 0.25) is 17.7 Å². The number of rotatable bonds is 4. The lowest BCUT2D eigenvalue weighted by atomic mass is 10.0. The smallest absolute Gasteiger partial charge is 0.243 e. The molecule has 1 unspecified atom stereocenters. The molecule has 0 radical (unpaired) electrons. The highest BCUT2D eigenvalue weighted by Gasteiger charge is 2.21. The van der Waals surface area contributed by atoms with Crippen LogP contribution >= 0.6 is 0 Å². The molecule has 1 aliphatic heterocycles. The zero-order valence-electron chi connectivity index (χ0n) is 28.3. The van der Waals surface area contributed by atoms with Crippen LogP contribution in [0, 0.1) is 13.8 Å². The van der Waals surface area contributed by atoms with Gasteiger partial charge in [-0.2, -0.15) is 0 Å². The number of nitrogens with one attached hydrogen (secondary N) is 4. The molecule has 44 heavy (non-hydrogen) atoms. The van der Waals surface area contributed by atoms with Crippen LogP contribution in [-0.4, -0.2) is 81.6 Å². The van der Waals surface area contributed by atoms with Crippen LogP contribution in [0.2, 0.25) is 0 Å². The van der Waals surface area contributed by atoms with Crippen molar-refractivity contribution in [2.24, 2.45) is 0 Å². The molecule has 3 rings (SSSR count). The van der Waals surface area contributed by atoms with E-state index in [1.807, 2.05) is 50.2 Å². The number of amides is 3. The fourth-order valence-corrected chi connectivity index (χ4v) is 4.45. The SMILES string of the molecule is CCC.CCCc1ccc(C)cc1C.C[C@H]1COc2ccccc2CCCNC(=O)C(CN(C)C)NC(=O)CNC(=O)CN1. The Morgan fingerprint density at radius 2 is 1.64 bits per heavy atom. The number of likely N-dealkylation sites (N-methyl/N-ethyl adjacent to an activating group) is 1. The lowest BCUT2D eigenvalue weighted by Gasteiger charge is -2.22. The van der Waals surface area contributed by atoms with E-state index in [4.69, 9.17) is 4.74 Å². The molecule has 246 valence electrons. The first-order valence-electron chi connectivity index (χ1n) is 16.0. The van der Waals surface area contributed by atoms with Gasteiger partial charge >= 0.3 is 0 Å². The summed E-state index contributed by atoms with van der Waals surface area (Å²) in [6.07, 6.45) is 5.21. The topological polar surface area (TPSA) is 112 Å². The highest BCUT2D eigenvalue weighted by Crippen LogP contribution is 2.19. The third-order valence-electron chi connectivity index (χ3n) is 6.66. The molecule has 0 saturated carbocycles. The van der Waals surface area contributed by atoms with E-state index in [9.17, 15) is 14.4 Å². The summed E-state index contributed by atoms with van der Waals surface area (Å²) >= 11 is 0. The van der Waals surface area contributed by atoms with Crippen LogP contribution in [0.4, 0.5) is 0 Å². The maximum Gasteiger partial charge on any atom is 0.243 e. The number of hydrogen-bond acceptors (Lipinski definition) is 6. The molecular formula is C35H57N5O4. The largest absolute Gasteiger partial charge is 0.492 e. The van der Waals surface area contributed by atoms with Crippen LogP contribution in [0.15, 0.2) is 42.5 Å². The van der Waals surface area contributed by atoms with Gasteiger partial charge in [0.1, 0.15) is 18.4 Å². The minimum Gasteiger partial charge on any atom is -0.492 e. The third-order valence-corrected chi connectivity index (χ3v) is 6.66. The summed E-state index contributed by atoms with van der Waals surface area (Å²) in [7, 11) is 3.66. The van der Waals surface area contributed by atoms with Crippen LogP contribution in [0.3, 0.4) is 0 Å². The van der Waals surface area contributed by atoms with E-state index in [0.29, 0.717) is 19.7 Å². The third kappa shape index (κ3) is 16.4. The van der Waals surface area contributed by atoms with E-state index in [1.165, 1.54) is 36.0 Å². The van der Waals surface area contributed by atoms with Gasteiger partial charge in [-0.15, -0.1) is 0 Å². The molecule has 4 N–H and O–H groups in total. The zero-order chi connectivity index (χ0) is 32.9. The first-order valence-corrected chi connectivity index (χ1v) is 16.0. The van der Waals surface area contributed by atoms with E-state index < -0.39 is 11.9 Å². The Morgan fingerprint density at radius 1 is 0.932 bits per heavy atom. The van der Waals surface area contributed by atoms with E-state index in [-0.39, 0.29) is 30.9 Å². The number of hydrogen-bond donors (Lipinski definition) is 4. The molecule has 2 aromatic carbocycles. The molecule has 1 aliphatic rings. The summed E-state index contributed by atoms with van der Waals surface area (Å²) < 4.78 is 5.93. The predicted molar refractivity (Wildman–Crippen MR) is 180 cm³/mol. The van der Waals surface area contributed by atoms with Crippen molar-refractivity contribution in [3.63, 3.8) is 0 Å². The van der Waals surface area contributed by atoms with Gasteiger partial charge < -0.3 is 30.9 Å². The number of para-hydroxylation sites is 1. The fourth-order valence-electron chi connectivity index (χ4n) is 4.45. The Bertz CT molecular complexity index is 1140. The first-order chi connectivity index (χ1) is 21.0. The van der Waals surface area contributed by atoms with Gasteiger partial charge in [0.25, 0.3) is 0 Å². The second-order valence-corrected chi connectivity index (χ2v) is 11.6. The summed E-state index contributed by atoms with van der Waals surface area (Å²) in [5, 5.41) is 11.2. The highest BCUT2D eigenvalue weighted by molar-refractivity contribution is 5.90. The molecular weight excluding hydrogens is 554 g/mol. The molecule has 2 aromatic rings. The maximum atomic E-state index is 12.6. The molecule has 0 spiro atoms. The van der Waals surface area contributed by atoms with Crippen molar-refractivity contribution in [3.05, 3.63) is 64.7 Å². The van der Waals surface area contributed by atoms with E-state index in [0.717, 1.165) is 24.2 Å². The number of benzene rings is 2. The second kappa shape index (κ2) is 22.1. The molecule has 0 saturated heterocycles. The van der Waals surface area contributed by atoms with Crippen LogP contribution in [0.1, 0.15) is 69.2 Å². The van der Waals surface area contributed by atoms with E-state index in [2.05, 4.69) is 74.1 Å². The van der Waals surface area contributed by atoms with Gasteiger partial charge in [0.05, 0.1) is 13.1 Å². The predicted octanol–water partition coefficient (Wildman–Crippen LogP) is 3.94. The normalized spacial score (nSPS) is 18.3. The Morgan fingerprint density at radius 3 is 2.30 bits per heavy atom. The van der Waals surface area contributed by atoms with Crippen molar-refractivity contribution >= 4 is 17.7 Å². The van der Waals surface area contributed by atoms with Crippen molar-refractivity contribution in [3.8, 4) is 5.75 Å². The Balaban J connectivity index is 0.000000571. The lowest BCUT2D eigenvalue weighted by molar-refractivity contribution is -0.130. The Hall–Kier alpha value is -3.43. The molecule has 2 atom stereocenters. The van der Waals surface area contributed by atoms with Crippen molar-refractivity contribution in [1.82, 2.24) is 26.2 Å². The number of aryl methyl sites for hydroxylation is 4.